The van der Waals surface area contributed by atoms with Crippen molar-refractivity contribution in [3.63, 3.8) is 0 Å². The van der Waals surface area contributed by atoms with Gasteiger partial charge in [-0.2, -0.15) is 0 Å². The molecular formula is C26H24N2O5. The maximum absolute atomic E-state index is 12.5. The maximum Gasteiger partial charge on any atom is 0.255 e. The van der Waals surface area contributed by atoms with Gasteiger partial charge in [0.1, 0.15) is 19.0 Å². The van der Waals surface area contributed by atoms with E-state index in [1.165, 1.54) is 6.08 Å². The van der Waals surface area contributed by atoms with Gasteiger partial charge in [0.25, 0.3) is 5.91 Å². The number of rotatable bonds is 7. The van der Waals surface area contributed by atoms with E-state index in [-0.39, 0.29) is 11.8 Å². The minimum Gasteiger partial charge on any atom is -0.494 e. The Bertz CT molecular complexity index is 1150. The van der Waals surface area contributed by atoms with Crippen LogP contribution in [0.5, 0.6) is 17.2 Å². The molecule has 0 bridgehead atoms. The van der Waals surface area contributed by atoms with Crippen LogP contribution < -0.4 is 24.8 Å². The fourth-order valence-electron chi connectivity index (χ4n) is 3.23. The number of ether oxygens (including phenoxy) is 3. The van der Waals surface area contributed by atoms with Crippen molar-refractivity contribution in [2.24, 2.45) is 0 Å². The van der Waals surface area contributed by atoms with Crippen LogP contribution in [0.1, 0.15) is 22.8 Å². The Morgan fingerprint density at radius 3 is 2.27 bits per heavy atom. The Labute approximate surface area is 192 Å². The van der Waals surface area contributed by atoms with E-state index < -0.39 is 0 Å². The standard InChI is InChI=1S/C26H24N2O5/c1-2-31-22-11-9-21(10-12-22)28-26(30)19-5-7-20(8-6-19)27-25(29)14-4-18-3-13-23-24(17-18)33-16-15-32-23/h3-14,17H,2,15-16H2,1H3,(H,27,29)(H,28,30)/b14-4+. The van der Waals surface area contributed by atoms with E-state index in [0.29, 0.717) is 48.3 Å². The third kappa shape index (κ3) is 5.92. The second kappa shape index (κ2) is 10.4. The zero-order valence-corrected chi connectivity index (χ0v) is 18.2. The highest BCUT2D eigenvalue weighted by Crippen LogP contribution is 2.31. The molecule has 0 fully saturated rings. The predicted molar refractivity (Wildman–Crippen MR) is 127 cm³/mol. The molecule has 33 heavy (non-hydrogen) atoms. The molecule has 4 rings (SSSR count). The lowest BCUT2D eigenvalue weighted by Gasteiger charge is -2.18. The van der Waals surface area contributed by atoms with Crippen molar-refractivity contribution in [3.05, 3.63) is 83.9 Å². The van der Waals surface area contributed by atoms with Gasteiger partial charge >= 0.3 is 0 Å². The van der Waals surface area contributed by atoms with Crippen molar-refractivity contribution < 1.29 is 23.8 Å². The Morgan fingerprint density at radius 1 is 0.879 bits per heavy atom. The molecule has 7 nitrogen and oxygen atoms in total. The Balaban J connectivity index is 1.31. The molecule has 7 heteroatoms. The Kier molecular flexibility index (Phi) is 6.90. The lowest BCUT2D eigenvalue weighted by molar-refractivity contribution is -0.111. The van der Waals surface area contributed by atoms with Crippen molar-refractivity contribution in [3.8, 4) is 17.2 Å². The molecule has 0 saturated carbocycles. The molecule has 0 radical (unpaired) electrons. The van der Waals surface area contributed by atoms with Crippen molar-refractivity contribution in [1.29, 1.82) is 0 Å². The number of nitrogens with one attached hydrogen (secondary N) is 2. The van der Waals surface area contributed by atoms with E-state index in [9.17, 15) is 9.59 Å². The lowest BCUT2D eigenvalue weighted by Crippen LogP contribution is -2.15. The smallest absolute Gasteiger partial charge is 0.255 e. The number of fused-ring (bicyclic) bond motifs is 1. The van der Waals surface area contributed by atoms with E-state index in [2.05, 4.69) is 10.6 Å². The summed E-state index contributed by atoms with van der Waals surface area (Å²) in [6.07, 6.45) is 3.14. The molecular weight excluding hydrogens is 420 g/mol. The summed E-state index contributed by atoms with van der Waals surface area (Å²) in [7, 11) is 0. The van der Waals surface area contributed by atoms with Gasteiger partial charge in [-0.15, -0.1) is 0 Å². The first-order chi connectivity index (χ1) is 16.1. The molecule has 2 amide bonds. The molecule has 0 atom stereocenters. The molecule has 0 aromatic heterocycles. The normalized spacial score (nSPS) is 12.3. The molecule has 0 unspecified atom stereocenters. The van der Waals surface area contributed by atoms with Crippen molar-refractivity contribution >= 4 is 29.3 Å². The molecule has 0 aliphatic carbocycles. The van der Waals surface area contributed by atoms with Gasteiger partial charge in [0, 0.05) is 23.0 Å². The second-order valence-corrected chi connectivity index (χ2v) is 7.21. The van der Waals surface area contributed by atoms with Gasteiger partial charge < -0.3 is 24.8 Å². The second-order valence-electron chi connectivity index (χ2n) is 7.21. The third-order valence-corrected chi connectivity index (χ3v) is 4.83. The van der Waals surface area contributed by atoms with E-state index >= 15 is 0 Å². The first kappa shape index (κ1) is 22.0. The minimum absolute atomic E-state index is 0.240. The number of hydrogen-bond donors (Lipinski definition) is 2. The largest absolute Gasteiger partial charge is 0.494 e. The molecule has 168 valence electrons. The van der Waals surface area contributed by atoms with Gasteiger partial charge in [-0.05, 0) is 79.2 Å². The highest BCUT2D eigenvalue weighted by Gasteiger charge is 2.11. The van der Waals surface area contributed by atoms with Gasteiger partial charge in [0.2, 0.25) is 5.91 Å². The third-order valence-electron chi connectivity index (χ3n) is 4.83. The number of hydrogen-bond acceptors (Lipinski definition) is 5. The Hall–Kier alpha value is -4.26. The average Bonchev–Trinajstić information content (AvgIpc) is 2.84. The lowest BCUT2D eigenvalue weighted by atomic mass is 10.1. The first-order valence-corrected chi connectivity index (χ1v) is 10.6. The van der Waals surface area contributed by atoms with E-state index in [4.69, 9.17) is 14.2 Å². The molecule has 1 heterocycles. The van der Waals surface area contributed by atoms with Crippen LogP contribution >= 0.6 is 0 Å². The first-order valence-electron chi connectivity index (χ1n) is 10.6. The summed E-state index contributed by atoms with van der Waals surface area (Å²) in [4.78, 5) is 24.7. The summed E-state index contributed by atoms with van der Waals surface area (Å²) in [5, 5.41) is 5.62. The molecule has 3 aromatic carbocycles. The average molecular weight is 444 g/mol. The van der Waals surface area contributed by atoms with Crippen LogP contribution in [0.25, 0.3) is 6.08 Å². The summed E-state index contributed by atoms with van der Waals surface area (Å²) in [5.74, 6) is 1.60. The van der Waals surface area contributed by atoms with Crippen LogP contribution in [0.2, 0.25) is 0 Å². The van der Waals surface area contributed by atoms with Crippen LogP contribution in [0, 0.1) is 0 Å². The molecule has 0 spiro atoms. The zero-order chi connectivity index (χ0) is 23.0. The quantitative estimate of drug-likeness (QED) is 0.513. The fourth-order valence-corrected chi connectivity index (χ4v) is 3.23. The van der Waals surface area contributed by atoms with Gasteiger partial charge in [0.05, 0.1) is 6.61 Å². The molecule has 1 aliphatic rings. The van der Waals surface area contributed by atoms with E-state index in [0.717, 1.165) is 11.3 Å². The SMILES string of the molecule is CCOc1ccc(NC(=O)c2ccc(NC(=O)/C=C/c3ccc4c(c3)OCCO4)cc2)cc1. The molecule has 1 aliphatic heterocycles. The predicted octanol–water partition coefficient (Wildman–Crippen LogP) is 4.76. The summed E-state index contributed by atoms with van der Waals surface area (Å²) in [6, 6.07) is 19.4. The summed E-state index contributed by atoms with van der Waals surface area (Å²) >= 11 is 0. The minimum atomic E-state index is -0.281. The van der Waals surface area contributed by atoms with Crippen LogP contribution in [-0.4, -0.2) is 31.6 Å². The number of carbonyl (C=O) groups excluding carboxylic acids is 2. The number of anilines is 2. The number of carbonyl (C=O) groups is 2. The van der Waals surface area contributed by atoms with Crippen LogP contribution in [-0.2, 0) is 4.79 Å². The van der Waals surface area contributed by atoms with E-state index in [1.807, 2.05) is 25.1 Å². The van der Waals surface area contributed by atoms with Gasteiger partial charge in [0.15, 0.2) is 11.5 Å². The highest BCUT2D eigenvalue weighted by molar-refractivity contribution is 6.05. The zero-order valence-electron chi connectivity index (χ0n) is 18.2. The van der Waals surface area contributed by atoms with Gasteiger partial charge in [-0.3, -0.25) is 9.59 Å². The topological polar surface area (TPSA) is 85.9 Å². The molecule has 0 saturated heterocycles. The molecule has 3 aromatic rings. The van der Waals surface area contributed by atoms with Crippen molar-refractivity contribution in [2.45, 2.75) is 6.92 Å². The number of amides is 2. The highest BCUT2D eigenvalue weighted by atomic mass is 16.6. The summed E-state index contributed by atoms with van der Waals surface area (Å²) in [6.45, 7) is 3.54. The maximum atomic E-state index is 12.5. The molecule has 2 N–H and O–H groups in total. The summed E-state index contributed by atoms with van der Waals surface area (Å²) in [5.41, 5.74) is 2.57. The van der Waals surface area contributed by atoms with Crippen LogP contribution in [0.4, 0.5) is 11.4 Å². The van der Waals surface area contributed by atoms with Crippen LogP contribution in [0.15, 0.2) is 72.8 Å². The van der Waals surface area contributed by atoms with Crippen molar-refractivity contribution in [2.75, 3.05) is 30.5 Å². The number of benzene rings is 3. The van der Waals surface area contributed by atoms with Crippen LogP contribution in [0.3, 0.4) is 0 Å². The summed E-state index contributed by atoms with van der Waals surface area (Å²) < 4.78 is 16.4. The Morgan fingerprint density at radius 2 is 1.55 bits per heavy atom. The monoisotopic (exact) mass is 444 g/mol. The van der Waals surface area contributed by atoms with Gasteiger partial charge in [-0.25, -0.2) is 0 Å². The fraction of sp³-hybridized carbons (Fsp3) is 0.154. The van der Waals surface area contributed by atoms with Gasteiger partial charge in [-0.1, -0.05) is 6.07 Å². The van der Waals surface area contributed by atoms with Crippen molar-refractivity contribution in [1.82, 2.24) is 0 Å². The van der Waals surface area contributed by atoms with E-state index in [1.54, 1.807) is 54.6 Å².